The van der Waals surface area contributed by atoms with Gasteiger partial charge in [-0.05, 0) is 25.7 Å². The van der Waals surface area contributed by atoms with Gasteiger partial charge in [-0.1, -0.05) is 58.8 Å². The molecule has 22 heavy (non-hydrogen) atoms. The molecular formula is C18H30O4. The molecule has 0 radical (unpaired) electrons. The highest BCUT2D eigenvalue weighted by Crippen LogP contribution is 2.41. The highest BCUT2D eigenvalue weighted by molar-refractivity contribution is 6.01. The van der Waals surface area contributed by atoms with Gasteiger partial charge in [0.2, 0.25) is 6.29 Å². The molecule has 0 aromatic heterocycles. The number of carbonyl (C=O) groups excluding carboxylic acids is 2. The molecule has 2 rings (SSSR count). The summed E-state index contributed by atoms with van der Waals surface area (Å²) in [7, 11) is 0. The molecule has 2 fully saturated rings. The molecular weight excluding hydrogens is 280 g/mol. The second-order valence-electron chi connectivity index (χ2n) is 6.87. The Morgan fingerprint density at radius 2 is 1.41 bits per heavy atom. The predicted octanol–water partition coefficient (Wildman–Crippen LogP) is 4.36. The van der Waals surface area contributed by atoms with Crippen LogP contribution < -0.4 is 0 Å². The third kappa shape index (κ3) is 3.64. The number of hydrogen-bond donors (Lipinski definition) is 0. The molecule has 1 aliphatic carbocycles. The molecule has 1 heterocycles. The number of hydrogen-bond acceptors (Lipinski definition) is 4. The van der Waals surface area contributed by atoms with Crippen LogP contribution in [0.25, 0.3) is 0 Å². The van der Waals surface area contributed by atoms with Crippen molar-refractivity contribution >= 4 is 11.9 Å². The van der Waals surface area contributed by atoms with Crippen LogP contribution in [0.15, 0.2) is 0 Å². The standard InChI is InChI=1S/C18H30O4/c1-3-5-12-18(13-6-4-2)16(19)21-15(22-17(18)20)14-10-8-7-9-11-14/h14-15H,3-13H2,1-2H3. The fourth-order valence-corrected chi connectivity index (χ4v) is 3.63. The smallest absolute Gasteiger partial charge is 0.326 e. The Morgan fingerprint density at radius 3 is 1.86 bits per heavy atom. The fraction of sp³-hybridized carbons (Fsp3) is 0.889. The average Bonchev–Trinajstić information content (AvgIpc) is 2.54. The summed E-state index contributed by atoms with van der Waals surface area (Å²) in [5.41, 5.74) is -1.04. The van der Waals surface area contributed by atoms with Crippen LogP contribution in [-0.4, -0.2) is 18.2 Å². The molecule has 0 unspecified atom stereocenters. The van der Waals surface area contributed by atoms with Gasteiger partial charge in [0.15, 0.2) is 5.41 Å². The number of ether oxygens (including phenoxy) is 2. The van der Waals surface area contributed by atoms with Gasteiger partial charge in [0.1, 0.15) is 0 Å². The Morgan fingerprint density at radius 1 is 0.909 bits per heavy atom. The van der Waals surface area contributed by atoms with E-state index in [1.165, 1.54) is 6.42 Å². The van der Waals surface area contributed by atoms with Gasteiger partial charge in [-0.3, -0.25) is 9.59 Å². The topological polar surface area (TPSA) is 52.6 Å². The summed E-state index contributed by atoms with van der Waals surface area (Å²) in [4.78, 5) is 25.3. The minimum Gasteiger partial charge on any atom is -0.424 e. The molecule has 0 atom stereocenters. The Hall–Kier alpha value is -1.06. The van der Waals surface area contributed by atoms with Crippen LogP contribution in [0.3, 0.4) is 0 Å². The Bertz CT molecular complexity index is 357. The normalized spacial score (nSPS) is 23.2. The maximum Gasteiger partial charge on any atom is 0.326 e. The zero-order valence-electron chi connectivity index (χ0n) is 14.1. The largest absolute Gasteiger partial charge is 0.424 e. The number of esters is 2. The first-order chi connectivity index (χ1) is 10.6. The first-order valence-electron chi connectivity index (χ1n) is 9.06. The van der Waals surface area contributed by atoms with E-state index in [-0.39, 0.29) is 17.9 Å². The Kier molecular flexibility index (Phi) is 6.27. The lowest BCUT2D eigenvalue weighted by Crippen LogP contribution is -2.52. The van der Waals surface area contributed by atoms with Gasteiger partial charge in [0, 0.05) is 5.92 Å². The van der Waals surface area contributed by atoms with E-state index in [9.17, 15) is 9.59 Å². The fourth-order valence-electron chi connectivity index (χ4n) is 3.63. The van der Waals surface area contributed by atoms with E-state index in [1.54, 1.807) is 0 Å². The molecule has 4 heteroatoms. The van der Waals surface area contributed by atoms with Crippen molar-refractivity contribution in [2.45, 2.75) is 90.8 Å². The summed E-state index contributed by atoms with van der Waals surface area (Å²) < 4.78 is 11.2. The molecule has 2 aliphatic rings. The molecule has 0 aromatic rings. The summed E-state index contributed by atoms with van der Waals surface area (Å²) in [6.45, 7) is 4.13. The minimum atomic E-state index is -1.04. The van der Waals surface area contributed by atoms with E-state index in [0.717, 1.165) is 51.4 Å². The first kappa shape index (κ1) is 17.3. The summed E-state index contributed by atoms with van der Waals surface area (Å²) in [5.74, 6) is -0.473. The minimum absolute atomic E-state index is 0.192. The van der Waals surface area contributed by atoms with E-state index < -0.39 is 11.7 Å². The van der Waals surface area contributed by atoms with Crippen molar-refractivity contribution in [2.75, 3.05) is 0 Å². The van der Waals surface area contributed by atoms with Gasteiger partial charge in [-0.15, -0.1) is 0 Å². The molecule has 4 nitrogen and oxygen atoms in total. The highest BCUT2D eigenvalue weighted by atomic mass is 16.7. The van der Waals surface area contributed by atoms with Crippen molar-refractivity contribution in [3.63, 3.8) is 0 Å². The van der Waals surface area contributed by atoms with Gasteiger partial charge in [0.05, 0.1) is 0 Å². The monoisotopic (exact) mass is 310 g/mol. The van der Waals surface area contributed by atoms with E-state index in [0.29, 0.717) is 12.8 Å². The van der Waals surface area contributed by atoms with Crippen molar-refractivity contribution in [2.24, 2.45) is 11.3 Å². The predicted molar refractivity (Wildman–Crippen MR) is 84.0 cm³/mol. The second-order valence-corrected chi connectivity index (χ2v) is 6.87. The van der Waals surface area contributed by atoms with Gasteiger partial charge in [-0.25, -0.2) is 0 Å². The maximum atomic E-state index is 12.7. The quantitative estimate of drug-likeness (QED) is 0.518. The molecule has 0 aromatic carbocycles. The highest BCUT2D eigenvalue weighted by Gasteiger charge is 2.53. The van der Waals surface area contributed by atoms with Crippen molar-refractivity contribution in [1.29, 1.82) is 0 Å². The lowest BCUT2D eigenvalue weighted by molar-refractivity contribution is -0.236. The van der Waals surface area contributed by atoms with Gasteiger partial charge in [0.25, 0.3) is 0 Å². The van der Waals surface area contributed by atoms with Gasteiger partial charge in [-0.2, -0.15) is 0 Å². The average molecular weight is 310 g/mol. The molecule has 0 spiro atoms. The molecule has 126 valence electrons. The van der Waals surface area contributed by atoms with Crippen LogP contribution >= 0.6 is 0 Å². The van der Waals surface area contributed by atoms with Crippen molar-refractivity contribution in [3.05, 3.63) is 0 Å². The van der Waals surface area contributed by atoms with E-state index >= 15 is 0 Å². The maximum absolute atomic E-state index is 12.7. The zero-order valence-corrected chi connectivity index (χ0v) is 14.1. The van der Waals surface area contributed by atoms with E-state index in [2.05, 4.69) is 13.8 Å². The van der Waals surface area contributed by atoms with Crippen LogP contribution in [0, 0.1) is 11.3 Å². The first-order valence-corrected chi connectivity index (χ1v) is 9.06. The van der Waals surface area contributed by atoms with Crippen LogP contribution in [-0.2, 0) is 19.1 Å². The van der Waals surface area contributed by atoms with E-state index in [4.69, 9.17) is 9.47 Å². The summed E-state index contributed by atoms with van der Waals surface area (Å²) >= 11 is 0. The van der Waals surface area contributed by atoms with Crippen LogP contribution in [0.5, 0.6) is 0 Å². The molecule has 0 bridgehead atoms. The van der Waals surface area contributed by atoms with Crippen molar-refractivity contribution in [1.82, 2.24) is 0 Å². The molecule has 1 saturated carbocycles. The third-order valence-electron chi connectivity index (χ3n) is 5.18. The molecule has 0 N–H and O–H groups in total. The van der Waals surface area contributed by atoms with E-state index in [1.807, 2.05) is 0 Å². The second kappa shape index (κ2) is 7.98. The molecule has 1 saturated heterocycles. The number of rotatable bonds is 7. The summed E-state index contributed by atoms with van der Waals surface area (Å²) in [6.07, 6.45) is 9.55. The summed E-state index contributed by atoms with van der Waals surface area (Å²) in [5, 5.41) is 0. The Labute approximate surface area is 133 Å². The van der Waals surface area contributed by atoms with Crippen LogP contribution in [0.2, 0.25) is 0 Å². The third-order valence-corrected chi connectivity index (χ3v) is 5.18. The van der Waals surface area contributed by atoms with Crippen molar-refractivity contribution in [3.8, 4) is 0 Å². The van der Waals surface area contributed by atoms with Gasteiger partial charge < -0.3 is 9.47 Å². The lowest BCUT2D eigenvalue weighted by atomic mass is 9.77. The number of cyclic esters (lactones) is 2. The Balaban J connectivity index is 2.08. The number of carbonyl (C=O) groups is 2. The van der Waals surface area contributed by atoms with Crippen LogP contribution in [0.4, 0.5) is 0 Å². The molecule has 0 amide bonds. The zero-order chi connectivity index (χ0) is 16.0. The number of unbranched alkanes of at least 4 members (excludes halogenated alkanes) is 2. The van der Waals surface area contributed by atoms with Crippen LogP contribution in [0.1, 0.15) is 84.5 Å². The SMILES string of the molecule is CCCCC1(CCCC)C(=O)OC(C2CCCCC2)OC1=O. The van der Waals surface area contributed by atoms with Crippen molar-refractivity contribution < 1.29 is 19.1 Å². The summed E-state index contributed by atoms with van der Waals surface area (Å²) in [6, 6.07) is 0. The van der Waals surface area contributed by atoms with Gasteiger partial charge >= 0.3 is 11.9 Å². The molecule has 1 aliphatic heterocycles. The lowest BCUT2D eigenvalue weighted by Gasteiger charge is -2.40.